The molecule has 216 valence electrons. The number of nitrogens with one attached hydrogen (secondary N) is 2. The van der Waals surface area contributed by atoms with Crippen LogP contribution in [0, 0.1) is 0 Å². The molecule has 0 aliphatic rings. The molecule has 3 aromatic rings. The Kier molecular flexibility index (Phi) is 10.6. The lowest BCUT2D eigenvalue weighted by molar-refractivity contribution is -0.155. The molecule has 0 saturated heterocycles. The number of rotatable bonds is 13. The van der Waals surface area contributed by atoms with E-state index >= 15 is 0 Å². The summed E-state index contributed by atoms with van der Waals surface area (Å²) in [6, 6.07) is 9.86. The Balaban J connectivity index is 1.61. The van der Waals surface area contributed by atoms with Crippen molar-refractivity contribution in [2.75, 3.05) is 24.8 Å². The van der Waals surface area contributed by atoms with Crippen LogP contribution < -0.4 is 10.6 Å². The van der Waals surface area contributed by atoms with Crippen LogP contribution in [0.3, 0.4) is 0 Å². The van der Waals surface area contributed by atoms with Crippen molar-refractivity contribution in [2.45, 2.75) is 51.7 Å². The van der Waals surface area contributed by atoms with Gasteiger partial charge in [-0.1, -0.05) is 30.3 Å². The third kappa shape index (κ3) is 9.88. The molecule has 2 N–H and O–H groups in total. The van der Waals surface area contributed by atoms with E-state index in [1.165, 1.54) is 29.8 Å². The second-order valence-corrected chi connectivity index (χ2v) is 12.7. The second-order valence-electron chi connectivity index (χ2n) is 10.0. The number of esters is 1. The predicted octanol–water partition coefficient (Wildman–Crippen LogP) is 3.69. The highest BCUT2D eigenvalue weighted by atomic mass is 32.2. The number of carbonyl (C=O) groups excluding carboxylic acids is 3. The summed E-state index contributed by atoms with van der Waals surface area (Å²) >= 11 is 1.25. The van der Waals surface area contributed by atoms with Crippen LogP contribution in [-0.2, 0) is 29.1 Å². The van der Waals surface area contributed by atoms with Gasteiger partial charge >= 0.3 is 5.97 Å². The standard InChI is InChI=1S/C27H34N4O7S2/c1-27(2,3)38-23(32)11-8-15-37-16-13-21(28-24(33)20-12-14-31(17-20)40(4,35)36)25(34)30-26-29-22(18-39-26)19-9-6-5-7-10-19/h5-7,9-10,12,14,17-18,21H,8,11,13,15-16H2,1-4H3,(H,28,33)(H,29,30,34)/t21-/m0/s1. The van der Waals surface area contributed by atoms with E-state index < -0.39 is 33.5 Å². The number of nitrogens with zero attached hydrogens (tertiary/aromatic N) is 2. The molecule has 0 saturated carbocycles. The van der Waals surface area contributed by atoms with Gasteiger partial charge in [0.05, 0.1) is 17.5 Å². The van der Waals surface area contributed by atoms with E-state index in [-0.39, 0.29) is 37.6 Å². The number of aromatic nitrogens is 2. The van der Waals surface area contributed by atoms with Crippen molar-refractivity contribution in [2.24, 2.45) is 0 Å². The Bertz CT molecular complexity index is 1410. The molecule has 1 aromatic carbocycles. The molecule has 0 aliphatic heterocycles. The molecule has 0 spiro atoms. The van der Waals surface area contributed by atoms with Gasteiger partial charge in [0.2, 0.25) is 15.9 Å². The van der Waals surface area contributed by atoms with Crippen LogP contribution in [0.5, 0.6) is 0 Å². The van der Waals surface area contributed by atoms with E-state index in [1.807, 2.05) is 35.7 Å². The normalized spacial score (nSPS) is 12.5. The maximum atomic E-state index is 13.2. The highest BCUT2D eigenvalue weighted by Crippen LogP contribution is 2.24. The van der Waals surface area contributed by atoms with Gasteiger partial charge in [0, 0.05) is 43.0 Å². The molecule has 0 bridgehead atoms. The monoisotopic (exact) mass is 590 g/mol. The first kappa shape index (κ1) is 31.0. The Morgan fingerprint density at radius 2 is 1.82 bits per heavy atom. The summed E-state index contributed by atoms with van der Waals surface area (Å²) in [4.78, 5) is 42.3. The molecule has 3 rings (SSSR count). The third-order valence-corrected chi connectivity index (χ3v) is 7.13. The van der Waals surface area contributed by atoms with Gasteiger partial charge in [-0.05, 0) is 39.7 Å². The number of anilines is 1. The maximum Gasteiger partial charge on any atom is 0.306 e. The summed E-state index contributed by atoms with van der Waals surface area (Å²) in [6.07, 6.45) is 4.23. The molecular weight excluding hydrogens is 556 g/mol. The summed E-state index contributed by atoms with van der Waals surface area (Å²) in [5.74, 6) is -1.43. The van der Waals surface area contributed by atoms with Crippen LogP contribution in [0.1, 0.15) is 50.4 Å². The smallest absolute Gasteiger partial charge is 0.306 e. The topological polar surface area (TPSA) is 146 Å². The van der Waals surface area contributed by atoms with E-state index in [1.54, 1.807) is 20.8 Å². The first-order valence-electron chi connectivity index (χ1n) is 12.6. The first-order valence-corrected chi connectivity index (χ1v) is 15.4. The van der Waals surface area contributed by atoms with Gasteiger partial charge in [0.15, 0.2) is 5.13 Å². The average Bonchev–Trinajstić information content (AvgIpc) is 3.55. The van der Waals surface area contributed by atoms with E-state index in [4.69, 9.17) is 9.47 Å². The zero-order valence-electron chi connectivity index (χ0n) is 22.9. The van der Waals surface area contributed by atoms with E-state index in [2.05, 4.69) is 15.6 Å². The number of thiazole rings is 1. The van der Waals surface area contributed by atoms with Crippen LogP contribution in [0.15, 0.2) is 54.2 Å². The van der Waals surface area contributed by atoms with Crippen molar-refractivity contribution in [1.82, 2.24) is 14.3 Å². The molecular formula is C27H34N4O7S2. The third-order valence-electron chi connectivity index (χ3n) is 5.38. The highest BCUT2D eigenvalue weighted by molar-refractivity contribution is 7.89. The molecule has 40 heavy (non-hydrogen) atoms. The maximum absolute atomic E-state index is 13.2. The average molecular weight is 591 g/mol. The minimum absolute atomic E-state index is 0.0853. The van der Waals surface area contributed by atoms with Crippen molar-refractivity contribution >= 4 is 44.3 Å². The molecule has 0 fully saturated rings. The van der Waals surface area contributed by atoms with Crippen LogP contribution >= 0.6 is 11.3 Å². The summed E-state index contributed by atoms with van der Waals surface area (Å²) < 4.78 is 35.3. The van der Waals surface area contributed by atoms with Gasteiger partial charge in [-0.25, -0.2) is 13.4 Å². The Labute approximate surface area is 238 Å². The SMILES string of the molecule is CC(C)(C)OC(=O)CCCOCC[C@H](NC(=O)c1ccn(S(C)(=O)=O)c1)C(=O)Nc1nc(-c2ccccc2)cs1. The van der Waals surface area contributed by atoms with Crippen molar-refractivity contribution in [3.8, 4) is 11.3 Å². The molecule has 13 heteroatoms. The molecule has 2 heterocycles. The molecule has 2 aromatic heterocycles. The van der Waals surface area contributed by atoms with Gasteiger partial charge in [-0.2, -0.15) is 0 Å². The van der Waals surface area contributed by atoms with Crippen molar-refractivity contribution in [1.29, 1.82) is 0 Å². The lowest BCUT2D eigenvalue weighted by atomic mass is 10.2. The molecule has 0 unspecified atom stereocenters. The zero-order valence-corrected chi connectivity index (χ0v) is 24.5. The fourth-order valence-electron chi connectivity index (χ4n) is 3.51. The fraction of sp³-hybridized carbons (Fsp3) is 0.407. The van der Waals surface area contributed by atoms with E-state index in [0.717, 1.165) is 15.8 Å². The number of carbonyl (C=O) groups is 3. The summed E-state index contributed by atoms with van der Waals surface area (Å²) in [5.41, 5.74) is 1.14. The number of hydrogen-bond acceptors (Lipinski definition) is 9. The predicted molar refractivity (Wildman–Crippen MR) is 153 cm³/mol. The summed E-state index contributed by atoms with van der Waals surface area (Å²) in [7, 11) is -3.56. The van der Waals surface area contributed by atoms with Gasteiger partial charge < -0.3 is 20.1 Å². The fourth-order valence-corrected chi connectivity index (χ4v) is 4.82. The van der Waals surface area contributed by atoms with Gasteiger partial charge in [-0.15, -0.1) is 11.3 Å². The number of hydrogen-bond donors (Lipinski definition) is 2. The molecule has 0 aliphatic carbocycles. The van der Waals surface area contributed by atoms with Crippen LogP contribution in [0.4, 0.5) is 5.13 Å². The zero-order chi connectivity index (χ0) is 29.3. The van der Waals surface area contributed by atoms with E-state index in [9.17, 15) is 22.8 Å². The van der Waals surface area contributed by atoms with E-state index in [0.29, 0.717) is 17.2 Å². The quantitative estimate of drug-likeness (QED) is 0.226. The number of amides is 2. The molecule has 1 atom stereocenters. The van der Waals surface area contributed by atoms with Crippen molar-refractivity contribution in [3.63, 3.8) is 0 Å². The Morgan fingerprint density at radius 3 is 2.48 bits per heavy atom. The Morgan fingerprint density at radius 1 is 1.10 bits per heavy atom. The van der Waals surface area contributed by atoms with Crippen LogP contribution in [0.2, 0.25) is 0 Å². The minimum Gasteiger partial charge on any atom is -0.460 e. The number of ether oxygens (including phenoxy) is 2. The summed E-state index contributed by atoms with van der Waals surface area (Å²) in [5, 5.41) is 7.58. The lowest BCUT2D eigenvalue weighted by Crippen LogP contribution is -2.44. The first-order chi connectivity index (χ1) is 18.8. The van der Waals surface area contributed by atoms with Crippen molar-refractivity contribution in [3.05, 3.63) is 59.7 Å². The highest BCUT2D eigenvalue weighted by Gasteiger charge is 2.24. The molecule has 2 amide bonds. The van der Waals surface area contributed by atoms with Crippen LogP contribution in [0.25, 0.3) is 11.3 Å². The lowest BCUT2D eigenvalue weighted by Gasteiger charge is -2.19. The molecule has 11 nitrogen and oxygen atoms in total. The van der Waals surface area contributed by atoms with Gasteiger partial charge in [0.1, 0.15) is 11.6 Å². The van der Waals surface area contributed by atoms with Gasteiger partial charge in [0.25, 0.3) is 5.91 Å². The van der Waals surface area contributed by atoms with Gasteiger partial charge in [-0.3, -0.25) is 18.4 Å². The van der Waals surface area contributed by atoms with Crippen molar-refractivity contribution < 1.29 is 32.3 Å². The molecule has 0 radical (unpaired) electrons. The number of benzene rings is 1. The largest absolute Gasteiger partial charge is 0.460 e. The minimum atomic E-state index is -3.56. The summed E-state index contributed by atoms with van der Waals surface area (Å²) in [6.45, 7) is 5.79. The second kappa shape index (κ2) is 13.7. The Hall–Kier alpha value is -3.55. The van der Waals surface area contributed by atoms with Crippen LogP contribution in [-0.4, -0.2) is 66.3 Å².